The lowest BCUT2D eigenvalue weighted by Crippen LogP contribution is -2.30. The van der Waals surface area contributed by atoms with Gasteiger partial charge in [-0.1, -0.05) is 35.9 Å². The summed E-state index contributed by atoms with van der Waals surface area (Å²) in [4.78, 5) is 29.3. The Kier molecular flexibility index (Phi) is 5.11. The smallest absolute Gasteiger partial charge is 0.249 e. The van der Waals surface area contributed by atoms with Gasteiger partial charge < -0.3 is 10.6 Å². The Morgan fingerprint density at radius 1 is 1.21 bits per heavy atom. The Labute approximate surface area is 171 Å². The molecule has 28 heavy (non-hydrogen) atoms. The highest BCUT2D eigenvalue weighted by molar-refractivity contribution is 7.71. The molecule has 0 saturated carbocycles. The number of amides is 2. The van der Waals surface area contributed by atoms with E-state index in [2.05, 4.69) is 15.6 Å². The van der Waals surface area contributed by atoms with Gasteiger partial charge in [0, 0.05) is 17.0 Å². The molecule has 1 aromatic heterocycles. The largest absolute Gasteiger partial charge is 0.356 e. The van der Waals surface area contributed by atoms with Crippen molar-refractivity contribution in [3.63, 3.8) is 0 Å². The summed E-state index contributed by atoms with van der Waals surface area (Å²) in [5, 5.41) is 7.19. The first kappa shape index (κ1) is 18.6. The minimum atomic E-state index is -0.699. The quantitative estimate of drug-likeness (QED) is 0.627. The van der Waals surface area contributed by atoms with E-state index in [0.717, 1.165) is 10.9 Å². The van der Waals surface area contributed by atoms with Crippen molar-refractivity contribution in [2.24, 2.45) is 0 Å². The third kappa shape index (κ3) is 3.63. The molecule has 0 bridgehead atoms. The second kappa shape index (κ2) is 7.69. The number of nitrogens with zero attached hydrogens (tertiary/aromatic N) is 2. The zero-order valence-electron chi connectivity index (χ0n) is 14.8. The van der Waals surface area contributed by atoms with E-state index in [1.165, 1.54) is 0 Å². The van der Waals surface area contributed by atoms with Gasteiger partial charge in [-0.2, -0.15) is 0 Å². The van der Waals surface area contributed by atoms with E-state index in [4.69, 9.17) is 23.8 Å². The SMILES string of the molecule is O=C(CC1C(=O)Nc2c3ccccc3nc(=S)n21)NCCc1ccc(Cl)cc1. The number of fused-ring (bicyclic) bond motifs is 3. The lowest BCUT2D eigenvalue weighted by atomic mass is 10.1. The van der Waals surface area contributed by atoms with Gasteiger partial charge in [-0.3, -0.25) is 14.2 Å². The van der Waals surface area contributed by atoms with Crippen molar-refractivity contribution >= 4 is 52.4 Å². The van der Waals surface area contributed by atoms with Crippen LogP contribution in [0.2, 0.25) is 5.02 Å². The highest BCUT2D eigenvalue weighted by Crippen LogP contribution is 2.32. The van der Waals surface area contributed by atoms with E-state index in [1.54, 1.807) is 4.57 Å². The molecule has 2 aromatic carbocycles. The molecule has 1 unspecified atom stereocenters. The van der Waals surface area contributed by atoms with Gasteiger partial charge in [-0.15, -0.1) is 0 Å². The Morgan fingerprint density at radius 3 is 2.75 bits per heavy atom. The van der Waals surface area contributed by atoms with Gasteiger partial charge >= 0.3 is 0 Å². The number of benzene rings is 2. The molecule has 0 saturated heterocycles. The van der Waals surface area contributed by atoms with Crippen LogP contribution in [0.4, 0.5) is 5.82 Å². The topological polar surface area (TPSA) is 76.0 Å². The zero-order chi connectivity index (χ0) is 19.7. The average molecular weight is 413 g/mol. The molecule has 0 spiro atoms. The molecule has 0 aliphatic carbocycles. The van der Waals surface area contributed by atoms with Gasteiger partial charge in [0.05, 0.1) is 11.9 Å². The van der Waals surface area contributed by atoms with Crippen molar-refractivity contribution in [1.29, 1.82) is 0 Å². The number of rotatable bonds is 5. The summed E-state index contributed by atoms with van der Waals surface area (Å²) in [5.41, 5.74) is 1.79. The van der Waals surface area contributed by atoms with Crippen molar-refractivity contribution in [3.05, 3.63) is 63.9 Å². The van der Waals surface area contributed by atoms with Crippen LogP contribution in [0.15, 0.2) is 48.5 Å². The average Bonchev–Trinajstić information content (AvgIpc) is 3.00. The molecule has 0 fully saturated rings. The van der Waals surface area contributed by atoms with E-state index >= 15 is 0 Å². The first-order valence-electron chi connectivity index (χ1n) is 8.86. The van der Waals surface area contributed by atoms with E-state index in [1.807, 2.05) is 48.5 Å². The maximum atomic E-state index is 12.5. The molecule has 6 nitrogen and oxygen atoms in total. The fraction of sp³-hybridized carbons (Fsp3) is 0.200. The summed E-state index contributed by atoms with van der Waals surface area (Å²) < 4.78 is 1.92. The molecule has 0 radical (unpaired) electrons. The van der Waals surface area contributed by atoms with Crippen molar-refractivity contribution in [3.8, 4) is 0 Å². The van der Waals surface area contributed by atoms with Gasteiger partial charge in [0.1, 0.15) is 11.9 Å². The van der Waals surface area contributed by atoms with Crippen LogP contribution in [0.1, 0.15) is 18.0 Å². The molecule has 2 heterocycles. The summed E-state index contributed by atoms with van der Waals surface area (Å²) in [6.07, 6.45) is 0.690. The number of hydrogen-bond donors (Lipinski definition) is 2. The molecule has 1 aliphatic heterocycles. The van der Waals surface area contributed by atoms with Crippen molar-refractivity contribution in [2.75, 3.05) is 11.9 Å². The summed E-state index contributed by atoms with van der Waals surface area (Å²) in [6.45, 7) is 0.475. The van der Waals surface area contributed by atoms with E-state index in [9.17, 15) is 9.59 Å². The minimum absolute atomic E-state index is 0.00772. The third-order valence-electron chi connectivity index (χ3n) is 4.71. The Hall–Kier alpha value is -2.77. The number of nitrogens with one attached hydrogen (secondary N) is 2. The van der Waals surface area contributed by atoms with E-state index < -0.39 is 6.04 Å². The third-order valence-corrected chi connectivity index (χ3v) is 5.25. The van der Waals surface area contributed by atoms with Crippen LogP contribution in [0.25, 0.3) is 10.9 Å². The zero-order valence-corrected chi connectivity index (χ0v) is 16.4. The molecule has 1 aliphatic rings. The van der Waals surface area contributed by atoms with Crippen LogP contribution in [0.3, 0.4) is 0 Å². The van der Waals surface area contributed by atoms with Crippen LogP contribution < -0.4 is 10.6 Å². The first-order valence-corrected chi connectivity index (χ1v) is 9.65. The maximum absolute atomic E-state index is 12.5. The van der Waals surface area contributed by atoms with Gasteiger partial charge in [0.25, 0.3) is 0 Å². The van der Waals surface area contributed by atoms with Gasteiger partial charge in [-0.25, -0.2) is 4.98 Å². The molecular weight excluding hydrogens is 396 g/mol. The Balaban J connectivity index is 1.46. The van der Waals surface area contributed by atoms with Crippen molar-refractivity contribution < 1.29 is 9.59 Å². The van der Waals surface area contributed by atoms with E-state index in [-0.39, 0.29) is 23.0 Å². The number of para-hydroxylation sites is 1. The summed E-state index contributed by atoms with van der Waals surface area (Å²) in [6, 6.07) is 14.2. The van der Waals surface area contributed by atoms with E-state index in [0.29, 0.717) is 29.3 Å². The lowest BCUT2D eigenvalue weighted by Gasteiger charge is -2.13. The molecule has 2 amide bonds. The highest BCUT2D eigenvalue weighted by Gasteiger charge is 2.33. The summed E-state index contributed by atoms with van der Waals surface area (Å²) in [5.74, 6) is 0.133. The van der Waals surface area contributed by atoms with Crippen LogP contribution in [0, 0.1) is 4.77 Å². The maximum Gasteiger partial charge on any atom is 0.249 e. The molecule has 142 valence electrons. The van der Waals surface area contributed by atoms with Gasteiger partial charge in [0.15, 0.2) is 0 Å². The number of halogens is 1. The Bertz CT molecular complexity index is 1130. The lowest BCUT2D eigenvalue weighted by molar-refractivity contribution is -0.126. The number of carbonyl (C=O) groups is 2. The van der Waals surface area contributed by atoms with Crippen LogP contribution in [-0.2, 0) is 16.0 Å². The second-order valence-corrected chi connectivity index (χ2v) is 7.37. The molecule has 4 rings (SSSR count). The predicted molar refractivity (Wildman–Crippen MR) is 111 cm³/mol. The summed E-state index contributed by atoms with van der Waals surface area (Å²) >= 11 is 11.2. The highest BCUT2D eigenvalue weighted by atomic mass is 35.5. The number of hydrogen-bond acceptors (Lipinski definition) is 4. The fourth-order valence-corrected chi connectivity index (χ4v) is 3.76. The monoisotopic (exact) mass is 412 g/mol. The number of carbonyl (C=O) groups excluding carboxylic acids is 2. The second-order valence-electron chi connectivity index (χ2n) is 6.57. The van der Waals surface area contributed by atoms with Crippen LogP contribution in [0.5, 0.6) is 0 Å². The van der Waals surface area contributed by atoms with Crippen molar-refractivity contribution in [2.45, 2.75) is 18.9 Å². The predicted octanol–water partition coefficient (Wildman–Crippen LogP) is 3.66. The van der Waals surface area contributed by atoms with Crippen LogP contribution >= 0.6 is 23.8 Å². The van der Waals surface area contributed by atoms with Gasteiger partial charge in [-0.05, 0) is 48.5 Å². The molecular formula is C20H17ClN4O2S. The number of aromatic nitrogens is 2. The van der Waals surface area contributed by atoms with Crippen LogP contribution in [-0.4, -0.2) is 27.9 Å². The molecule has 2 N–H and O–H groups in total. The standard InChI is InChI=1S/C20H17ClN4O2S/c21-13-7-5-12(6-8-13)9-10-22-17(26)11-16-19(27)24-18-14-3-1-2-4-15(14)23-20(28)25(16)18/h1-8,16H,9-11H2,(H,22,26)(H,24,27). The first-order chi connectivity index (χ1) is 13.5. The van der Waals surface area contributed by atoms with Crippen molar-refractivity contribution in [1.82, 2.24) is 14.9 Å². The fourth-order valence-electron chi connectivity index (χ4n) is 3.32. The molecule has 1 atom stereocenters. The normalized spacial score (nSPS) is 15.3. The minimum Gasteiger partial charge on any atom is -0.356 e. The number of anilines is 1. The Morgan fingerprint density at radius 2 is 1.96 bits per heavy atom. The van der Waals surface area contributed by atoms with Gasteiger partial charge in [0.2, 0.25) is 16.6 Å². The summed E-state index contributed by atoms with van der Waals surface area (Å²) in [7, 11) is 0. The molecule has 3 aromatic rings. The molecule has 8 heteroatoms.